The monoisotopic (exact) mass is 254 g/mol. The number of hydrogen-bond donors (Lipinski definition) is 2. The van der Waals surface area contributed by atoms with Crippen LogP contribution in [0.5, 0.6) is 0 Å². The molecule has 0 heterocycles. The van der Waals surface area contributed by atoms with E-state index in [1.54, 1.807) is 36.4 Å². The Morgan fingerprint density at radius 3 is 2.32 bits per heavy atom. The molecular weight excluding hydrogens is 240 g/mol. The van der Waals surface area contributed by atoms with Crippen molar-refractivity contribution in [1.82, 2.24) is 5.32 Å². The van der Waals surface area contributed by atoms with Gasteiger partial charge in [-0.3, -0.25) is 9.59 Å². The maximum Gasteiger partial charge on any atom is 0.253 e. The lowest BCUT2D eigenvalue weighted by Crippen LogP contribution is -2.20. The van der Waals surface area contributed by atoms with Crippen LogP contribution in [0.25, 0.3) is 0 Å². The van der Waals surface area contributed by atoms with Crippen molar-refractivity contribution < 1.29 is 9.59 Å². The zero-order chi connectivity index (χ0) is 13.8. The smallest absolute Gasteiger partial charge is 0.253 e. The minimum absolute atomic E-state index is 0.134. The van der Waals surface area contributed by atoms with Crippen LogP contribution in [0, 0.1) is 0 Å². The third-order valence-corrected chi connectivity index (χ3v) is 2.82. The standard InChI is InChI=1S/C15H14N2O2/c1-17-15(19)12-9-11(7-8-13(12)16)14(18)10-5-3-2-4-6-10/h2-9H,16H2,1H3,(H,17,19). The topological polar surface area (TPSA) is 72.2 Å². The van der Waals surface area contributed by atoms with E-state index in [9.17, 15) is 9.59 Å². The van der Waals surface area contributed by atoms with Crippen molar-refractivity contribution in [3.05, 3.63) is 65.2 Å². The van der Waals surface area contributed by atoms with Crippen LogP contribution in [0.4, 0.5) is 5.69 Å². The van der Waals surface area contributed by atoms with Gasteiger partial charge < -0.3 is 11.1 Å². The molecule has 0 atom stereocenters. The van der Waals surface area contributed by atoms with E-state index in [-0.39, 0.29) is 11.7 Å². The molecule has 0 radical (unpaired) electrons. The first-order chi connectivity index (χ1) is 9.13. The SMILES string of the molecule is CNC(=O)c1cc(C(=O)c2ccccc2)ccc1N. The normalized spacial score (nSPS) is 9.95. The predicted molar refractivity (Wildman–Crippen MR) is 74.1 cm³/mol. The van der Waals surface area contributed by atoms with Crippen LogP contribution in [0.2, 0.25) is 0 Å². The molecule has 0 unspecified atom stereocenters. The maximum absolute atomic E-state index is 12.2. The van der Waals surface area contributed by atoms with Crippen LogP contribution in [0.3, 0.4) is 0 Å². The second kappa shape index (κ2) is 5.35. The first-order valence-electron chi connectivity index (χ1n) is 5.85. The van der Waals surface area contributed by atoms with Gasteiger partial charge in [0.15, 0.2) is 5.78 Å². The minimum atomic E-state index is -0.305. The van der Waals surface area contributed by atoms with Crippen molar-refractivity contribution >= 4 is 17.4 Å². The molecule has 0 saturated carbocycles. The Bertz CT molecular complexity index is 621. The third kappa shape index (κ3) is 2.63. The zero-order valence-electron chi connectivity index (χ0n) is 10.5. The fourth-order valence-corrected chi connectivity index (χ4v) is 1.79. The van der Waals surface area contributed by atoms with E-state index in [2.05, 4.69) is 5.32 Å². The van der Waals surface area contributed by atoms with Gasteiger partial charge in [-0.25, -0.2) is 0 Å². The molecule has 96 valence electrons. The summed E-state index contributed by atoms with van der Waals surface area (Å²) in [4.78, 5) is 23.9. The molecule has 0 fully saturated rings. The van der Waals surface area contributed by atoms with Gasteiger partial charge in [0.2, 0.25) is 0 Å². The number of carbonyl (C=O) groups is 2. The van der Waals surface area contributed by atoms with E-state index in [4.69, 9.17) is 5.73 Å². The van der Waals surface area contributed by atoms with E-state index in [1.807, 2.05) is 6.07 Å². The summed E-state index contributed by atoms with van der Waals surface area (Å²) in [6, 6.07) is 13.6. The van der Waals surface area contributed by atoms with Gasteiger partial charge in [-0.1, -0.05) is 30.3 Å². The van der Waals surface area contributed by atoms with Crippen molar-refractivity contribution in [3.8, 4) is 0 Å². The second-order valence-corrected chi connectivity index (χ2v) is 4.08. The number of nitrogens with one attached hydrogen (secondary N) is 1. The molecule has 19 heavy (non-hydrogen) atoms. The van der Waals surface area contributed by atoms with Crippen LogP contribution in [0.1, 0.15) is 26.3 Å². The highest BCUT2D eigenvalue weighted by Gasteiger charge is 2.13. The summed E-state index contributed by atoms with van der Waals surface area (Å²) < 4.78 is 0. The summed E-state index contributed by atoms with van der Waals surface area (Å²) in [7, 11) is 1.52. The highest BCUT2D eigenvalue weighted by Crippen LogP contribution is 2.17. The van der Waals surface area contributed by atoms with Gasteiger partial charge >= 0.3 is 0 Å². The molecule has 0 aromatic heterocycles. The Balaban J connectivity index is 2.42. The quantitative estimate of drug-likeness (QED) is 0.648. The summed E-state index contributed by atoms with van der Waals surface area (Å²) in [5, 5.41) is 2.50. The van der Waals surface area contributed by atoms with Gasteiger partial charge in [0.25, 0.3) is 5.91 Å². The Kier molecular flexibility index (Phi) is 3.61. The van der Waals surface area contributed by atoms with E-state index in [0.29, 0.717) is 22.4 Å². The highest BCUT2D eigenvalue weighted by molar-refractivity contribution is 6.11. The summed E-state index contributed by atoms with van der Waals surface area (Å²) in [6.07, 6.45) is 0. The molecule has 3 N–H and O–H groups in total. The highest BCUT2D eigenvalue weighted by atomic mass is 16.1. The summed E-state index contributed by atoms with van der Waals surface area (Å²) in [5.41, 5.74) is 7.42. The van der Waals surface area contributed by atoms with Crippen LogP contribution in [-0.4, -0.2) is 18.7 Å². The lowest BCUT2D eigenvalue weighted by Gasteiger charge is -2.07. The third-order valence-electron chi connectivity index (χ3n) is 2.82. The molecule has 0 bridgehead atoms. The first kappa shape index (κ1) is 12.8. The Morgan fingerprint density at radius 1 is 1.00 bits per heavy atom. The van der Waals surface area contributed by atoms with Crippen molar-refractivity contribution in [3.63, 3.8) is 0 Å². The zero-order valence-corrected chi connectivity index (χ0v) is 10.5. The number of hydrogen-bond acceptors (Lipinski definition) is 3. The van der Waals surface area contributed by atoms with Gasteiger partial charge in [-0.15, -0.1) is 0 Å². The van der Waals surface area contributed by atoms with Crippen LogP contribution in [0.15, 0.2) is 48.5 Å². The Labute approximate surface area is 111 Å². The van der Waals surface area contributed by atoms with Gasteiger partial charge in [0.05, 0.1) is 5.56 Å². The second-order valence-electron chi connectivity index (χ2n) is 4.08. The van der Waals surface area contributed by atoms with Crippen molar-refractivity contribution in [1.29, 1.82) is 0 Å². The lowest BCUT2D eigenvalue weighted by molar-refractivity contribution is 0.0964. The average Bonchev–Trinajstić information content (AvgIpc) is 2.47. The van der Waals surface area contributed by atoms with Crippen LogP contribution < -0.4 is 11.1 Å². The number of amides is 1. The first-order valence-corrected chi connectivity index (χ1v) is 5.85. The largest absolute Gasteiger partial charge is 0.398 e. The molecule has 0 spiro atoms. The van der Waals surface area contributed by atoms with E-state index in [0.717, 1.165) is 0 Å². The Hall–Kier alpha value is -2.62. The molecule has 0 saturated heterocycles. The number of nitrogen functional groups attached to an aromatic ring is 1. The van der Waals surface area contributed by atoms with Crippen molar-refractivity contribution in [2.45, 2.75) is 0 Å². The number of carbonyl (C=O) groups excluding carboxylic acids is 2. The number of rotatable bonds is 3. The molecule has 4 heteroatoms. The molecule has 2 rings (SSSR count). The van der Waals surface area contributed by atoms with Crippen molar-refractivity contribution in [2.75, 3.05) is 12.8 Å². The molecule has 2 aromatic rings. The summed E-state index contributed by atoms with van der Waals surface area (Å²) in [6.45, 7) is 0. The Morgan fingerprint density at radius 2 is 1.68 bits per heavy atom. The number of anilines is 1. The molecular formula is C15H14N2O2. The molecule has 0 aliphatic heterocycles. The van der Waals surface area contributed by atoms with Gasteiger partial charge in [0, 0.05) is 23.9 Å². The predicted octanol–water partition coefficient (Wildman–Crippen LogP) is 1.86. The number of ketones is 1. The van der Waals surface area contributed by atoms with E-state index >= 15 is 0 Å². The van der Waals surface area contributed by atoms with E-state index < -0.39 is 0 Å². The van der Waals surface area contributed by atoms with Crippen LogP contribution >= 0.6 is 0 Å². The van der Waals surface area contributed by atoms with Gasteiger partial charge in [-0.2, -0.15) is 0 Å². The van der Waals surface area contributed by atoms with E-state index in [1.165, 1.54) is 13.1 Å². The molecule has 1 amide bonds. The molecule has 0 aliphatic rings. The number of nitrogens with two attached hydrogens (primary N) is 1. The minimum Gasteiger partial charge on any atom is -0.398 e. The van der Waals surface area contributed by atoms with Crippen molar-refractivity contribution in [2.24, 2.45) is 0 Å². The molecule has 4 nitrogen and oxygen atoms in total. The maximum atomic E-state index is 12.2. The number of benzene rings is 2. The molecule has 0 aliphatic carbocycles. The molecule has 2 aromatic carbocycles. The van der Waals surface area contributed by atoms with Gasteiger partial charge in [0.1, 0.15) is 0 Å². The lowest BCUT2D eigenvalue weighted by atomic mass is 10.00. The average molecular weight is 254 g/mol. The fraction of sp³-hybridized carbons (Fsp3) is 0.0667. The summed E-state index contributed by atoms with van der Waals surface area (Å²) in [5.74, 6) is -0.439. The van der Waals surface area contributed by atoms with Crippen LogP contribution in [-0.2, 0) is 0 Å². The van der Waals surface area contributed by atoms with Gasteiger partial charge in [-0.05, 0) is 18.2 Å². The summed E-state index contributed by atoms with van der Waals surface area (Å²) >= 11 is 0. The fourth-order valence-electron chi connectivity index (χ4n) is 1.79.